The van der Waals surface area contributed by atoms with E-state index in [2.05, 4.69) is 31.0 Å². The highest BCUT2D eigenvalue weighted by Crippen LogP contribution is 2.00. The number of carbonyl (C=O) groups is 1. The van der Waals surface area contributed by atoms with Crippen LogP contribution in [0, 0.1) is 0 Å². The molecule has 1 N–H and O–H groups in total. The van der Waals surface area contributed by atoms with E-state index < -0.39 is 0 Å². The molecule has 1 atom stereocenters. The highest BCUT2D eigenvalue weighted by Gasteiger charge is 2.20. The quantitative estimate of drug-likeness (QED) is 0.636. The standard InChI is InChI=1S/C10H22N2O2/c1-6-12(8(2)3)7-9(11-4)10(13)14-5/h8-9,11H,6-7H2,1-5H3. The minimum Gasteiger partial charge on any atom is -0.468 e. The van der Waals surface area contributed by atoms with Crippen molar-refractivity contribution in [1.82, 2.24) is 10.2 Å². The van der Waals surface area contributed by atoms with Gasteiger partial charge in [0.1, 0.15) is 6.04 Å². The zero-order chi connectivity index (χ0) is 11.1. The molecule has 0 radical (unpaired) electrons. The molecule has 0 saturated carbocycles. The number of hydrogen-bond acceptors (Lipinski definition) is 4. The summed E-state index contributed by atoms with van der Waals surface area (Å²) in [6, 6.07) is 0.211. The highest BCUT2D eigenvalue weighted by molar-refractivity contribution is 5.75. The molecule has 4 heteroatoms. The number of methoxy groups -OCH3 is 1. The molecule has 0 aliphatic carbocycles. The number of likely N-dealkylation sites (N-methyl/N-ethyl adjacent to an activating group) is 2. The zero-order valence-corrected chi connectivity index (χ0v) is 9.83. The van der Waals surface area contributed by atoms with Gasteiger partial charge in [-0.2, -0.15) is 0 Å². The molecule has 0 fully saturated rings. The van der Waals surface area contributed by atoms with Crippen molar-refractivity contribution in [1.29, 1.82) is 0 Å². The second-order valence-electron chi connectivity index (χ2n) is 3.55. The van der Waals surface area contributed by atoms with Crippen molar-refractivity contribution in [2.45, 2.75) is 32.9 Å². The number of nitrogens with one attached hydrogen (secondary N) is 1. The lowest BCUT2D eigenvalue weighted by molar-refractivity contribution is -0.143. The summed E-state index contributed by atoms with van der Waals surface area (Å²) in [6.07, 6.45) is 0. The van der Waals surface area contributed by atoms with Crippen molar-refractivity contribution in [3.05, 3.63) is 0 Å². The fourth-order valence-electron chi connectivity index (χ4n) is 1.37. The summed E-state index contributed by atoms with van der Waals surface area (Å²) in [7, 11) is 3.19. The maximum absolute atomic E-state index is 11.3. The van der Waals surface area contributed by atoms with Crippen molar-refractivity contribution in [2.24, 2.45) is 0 Å². The normalized spacial score (nSPS) is 13.4. The maximum atomic E-state index is 11.3. The predicted octanol–water partition coefficient (Wildman–Crippen LogP) is 0.478. The van der Waals surface area contributed by atoms with Gasteiger partial charge in [0, 0.05) is 12.6 Å². The molecule has 4 nitrogen and oxygen atoms in total. The number of carbonyl (C=O) groups excluding carboxylic acids is 1. The summed E-state index contributed by atoms with van der Waals surface area (Å²) >= 11 is 0. The second kappa shape index (κ2) is 6.79. The smallest absolute Gasteiger partial charge is 0.324 e. The minimum atomic E-state index is -0.234. The van der Waals surface area contributed by atoms with Gasteiger partial charge in [0.2, 0.25) is 0 Å². The molecule has 0 rings (SSSR count). The fraction of sp³-hybridized carbons (Fsp3) is 0.900. The lowest BCUT2D eigenvalue weighted by Gasteiger charge is -2.28. The van der Waals surface area contributed by atoms with E-state index in [0.717, 1.165) is 6.54 Å². The van der Waals surface area contributed by atoms with Crippen LogP contribution in [0.1, 0.15) is 20.8 Å². The van der Waals surface area contributed by atoms with Crippen molar-refractivity contribution in [3.63, 3.8) is 0 Å². The Labute approximate surface area is 86.6 Å². The molecular formula is C10H22N2O2. The molecule has 14 heavy (non-hydrogen) atoms. The Morgan fingerprint density at radius 2 is 2.07 bits per heavy atom. The summed E-state index contributed by atoms with van der Waals surface area (Å²) in [4.78, 5) is 13.5. The van der Waals surface area contributed by atoms with E-state index >= 15 is 0 Å². The highest BCUT2D eigenvalue weighted by atomic mass is 16.5. The second-order valence-corrected chi connectivity index (χ2v) is 3.55. The summed E-state index contributed by atoms with van der Waals surface area (Å²) in [5.74, 6) is -0.202. The van der Waals surface area contributed by atoms with Gasteiger partial charge in [0.05, 0.1) is 7.11 Å². The van der Waals surface area contributed by atoms with Gasteiger partial charge in [-0.3, -0.25) is 9.69 Å². The topological polar surface area (TPSA) is 41.6 Å². The van der Waals surface area contributed by atoms with E-state index in [4.69, 9.17) is 4.74 Å². The summed E-state index contributed by atoms with van der Waals surface area (Å²) in [5.41, 5.74) is 0. The Balaban J connectivity index is 4.21. The van der Waals surface area contributed by atoms with Crippen molar-refractivity contribution >= 4 is 5.97 Å². The van der Waals surface area contributed by atoms with Gasteiger partial charge in [-0.25, -0.2) is 0 Å². The number of esters is 1. The monoisotopic (exact) mass is 202 g/mol. The first kappa shape index (κ1) is 13.4. The van der Waals surface area contributed by atoms with Crippen LogP contribution < -0.4 is 5.32 Å². The van der Waals surface area contributed by atoms with Gasteiger partial charge < -0.3 is 10.1 Å². The molecule has 0 aliphatic heterocycles. The first-order valence-electron chi connectivity index (χ1n) is 5.05. The van der Waals surface area contributed by atoms with Gasteiger partial charge >= 0.3 is 5.97 Å². The first-order chi connectivity index (χ1) is 6.56. The summed E-state index contributed by atoms with van der Waals surface area (Å²) < 4.78 is 4.70. The van der Waals surface area contributed by atoms with E-state index in [0.29, 0.717) is 12.6 Å². The largest absolute Gasteiger partial charge is 0.468 e. The minimum absolute atomic E-state index is 0.202. The molecule has 84 valence electrons. The number of hydrogen-bond donors (Lipinski definition) is 1. The number of ether oxygens (including phenoxy) is 1. The van der Waals surface area contributed by atoms with E-state index in [1.807, 2.05) is 0 Å². The van der Waals surface area contributed by atoms with Crippen molar-refractivity contribution in [3.8, 4) is 0 Å². The summed E-state index contributed by atoms with van der Waals surface area (Å²) in [6.45, 7) is 7.95. The Hall–Kier alpha value is -0.610. The molecule has 0 bridgehead atoms. The SMILES string of the molecule is CCN(CC(NC)C(=O)OC)C(C)C. The van der Waals surface area contributed by atoms with Crippen LogP contribution in [0.4, 0.5) is 0 Å². The molecular weight excluding hydrogens is 180 g/mol. The van der Waals surface area contributed by atoms with E-state index in [1.54, 1.807) is 7.05 Å². The lowest BCUT2D eigenvalue weighted by Crippen LogP contribution is -2.47. The predicted molar refractivity (Wildman–Crippen MR) is 57.2 cm³/mol. The average Bonchev–Trinajstić information content (AvgIpc) is 2.18. The maximum Gasteiger partial charge on any atom is 0.324 e. The van der Waals surface area contributed by atoms with Crippen molar-refractivity contribution < 1.29 is 9.53 Å². The molecule has 0 aromatic carbocycles. The first-order valence-corrected chi connectivity index (χ1v) is 5.05. The van der Waals surface area contributed by atoms with Gasteiger partial charge in [-0.1, -0.05) is 6.92 Å². The Morgan fingerprint density at radius 3 is 2.36 bits per heavy atom. The molecule has 0 heterocycles. The van der Waals surface area contributed by atoms with Crippen LogP contribution in [0.5, 0.6) is 0 Å². The van der Waals surface area contributed by atoms with Crippen LogP contribution in [0.25, 0.3) is 0 Å². The van der Waals surface area contributed by atoms with E-state index in [1.165, 1.54) is 7.11 Å². The third kappa shape index (κ3) is 4.07. The van der Waals surface area contributed by atoms with Gasteiger partial charge in [0.25, 0.3) is 0 Å². The molecule has 0 amide bonds. The Bertz CT molecular complexity index is 172. The Kier molecular flexibility index (Phi) is 6.49. The molecule has 0 aromatic heterocycles. The average molecular weight is 202 g/mol. The molecule has 0 saturated heterocycles. The van der Waals surface area contributed by atoms with Gasteiger partial charge in [0.15, 0.2) is 0 Å². The van der Waals surface area contributed by atoms with Crippen LogP contribution in [0.3, 0.4) is 0 Å². The van der Waals surface area contributed by atoms with Crippen molar-refractivity contribution in [2.75, 3.05) is 27.2 Å². The fourth-order valence-corrected chi connectivity index (χ4v) is 1.37. The van der Waals surface area contributed by atoms with Crippen LogP contribution in [0.2, 0.25) is 0 Å². The van der Waals surface area contributed by atoms with E-state index in [9.17, 15) is 4.79 Å². The third-order valence-corrected chi connectivity index (χ3v) is 2.39. The molecule has 0 aliphatic rings. The van der Waals surface area contributed by atoms with Gasteiger partial charge in [-0.05, 0) is 27.4 Å². The van der Waals surface area contributed by atoms with Gasteiger partial charge in [-0.15, -0.1) is 0 Å². The number of rotatable bonds is 6. The van der Waals surface area contributed by atoms with Crippen LogP contribution in [0.15, 0.2) is 0 Å². The molecule has 0 aromatic rings. The molecule has 1 unspecified atom stereocenters. The lowest BCUT2D eigenvalue weighted by atomic mass is 10.2. The van der Waals surface area contributed by atoms with E-state index in [-0.39, 0.29) is 12.0 Å². The number of nitrogens with zero attached hydrogens (tertiary/aromatic N) is 1. The third-order valence-electron chi connectivity index (χ3n) is 2.39. The van der Waals surface area contributed by atoms with Crippen LogP contribution in [-0.4, -0.2) is 50.2 Å². The zero-order valence-electron chi connectivity index (χ0n) is 9.83. The molecule has 0 spiro atoms. The van der Waals surface area contributed by atoms with Crippen LogP contribution >= 0.6 is 0 Å². The summed E-state index contributed by atoms with van der Waals surface area (Å²) in [5, 5.41) is 2.96. The Morgan fingerprint density at radius 1 is 1.50 bits per heavy atom. The van der Waals surface area contributed by atoms with Crippen LogP contribution in [-0.2, 0) is 9.53 Å².